The first-order valence-electron chi connectivity index (χ1n) is 13.2. The van der Waals surface area contributed by atoms with Crippen molar-refractivity contribution in [1.29, 1.82) is 0 Å². The van der Waals surface area contributed by atoms with Crippen LogP contribution >= 0.6 is 0 Å². The zero-order valence-electron chi connectivity index (χ0n) is 21.8. The largest absolute Gasteiger partial charge is 0.496 e. The number of likely N-dealkylation sites (tertiary alicyclic amines) is 1. The molecule has 1 amide bonds. The molecule has 0 spiro atoms. The maximum Gasteiger partial charge on any atom is 0.238 e. The second-order valence-electron chi connectivity index (χ2n) is 10.4. The number of carbonyl (C=O) groups is 1. The number of ether oxygens (including phenoxy) is 3. The molecule has 0 radical (unpaired) electrons. The maximum atomic E-state index is 13.7. The number of anilines is 1. The van der Waals surface area contributed by atoms with Gasteiger partial charge in [0.25, 0.3) is 0 Å². The van der Waals surface area contributed by atoms with E-state index in [2.05, 4.69) is 17.0 Å². The van der Waals surface area contributed by atoms with E-state index in [1.54, 1.807) is 19.1 Å². The fourth-order valence-corrected chi connectivity index (χ4v) is 5.75. The summed E-state index contributed by atoms with van der Waals surface area (Å²) >= 11 is 0. The molecule has 1 N–H and O–H groups in total. The van der Waals surface area contributed by atoms with Crippen LogP contribution in [0.25, 0.3) is 0 Å². The third-order valence-electron chi connectivity index (χ3n) is 8.12. The summed E-state index contributed by atoms with van der Waals surface area (Å²) < 4.78 is 16.7. The molecule has 1 unspecified atom stereocenters. The lowest BCUT2D eigenvalue weighted by Crippen LogP contribution is -2.39. The molecule has 1 saturated heterocycles. The number of aliphatic hydroxyl groups excluding tert-OH is 1. The number of amides is 1. The minimum Gasteiger partial charge on any atom is -0.496 e. The number of benzene rings is 2. The molecule has 38 heavy (non-hydrogen) atoms. The van der Waals surface area contributed by atoms with Crippen LogP contribution in [0.5, 0.6) is 17.2 Å². The Morgan fingerprint density at radius 1 is 1.11 bits per heavy atom. The molecule has 8 heteroatoms. The fourth-order valence-electron chi connectivity index (χ4n) is 5.75. The monoisotopic (exact) mass is 515 g/mol. The van der Waals surface area contributed by atoms with Crippen molar-refractivity contribution in [3.8, 4) is 17.2 Å². The predicted molar refractivity (Wildman–Crippen MR) is 143 cm³/mol. The molecule has 3 heterocycles. The van der Waals surface area contributed by atoms with Crippen LogP contribution < -0.4 is 19.1 Å². The molecule has 1 atom stereocenters. The van der Waals surface area contributed by atoms with Crippen molar-refractivity contribution in [3.63, 3.8) is 0 Å². The molecule has 3 aromatic rings. The van der Waals surface area contributed by atoms with Crippen LogP contribution in [0.1, 0.15) is 48.4 Å². The minimum absolute atomic E-state index is 0.0305. The number of methoxy groups -OCH3 is 1. The molecule has 1 aliphatic carbocycles. The summed E-state index contributed by atoms with van der Waals surface area (Å²) in [5, 5.41) is 10.1. The number of likely N-dealkylation sites (N-methyl/N-ethyl adjacent to an activating group) is 1. The fraction of sp³-hybridized carbons (Fsp3) is 0.400. The molecular weight excluding hydrogens is 482 g/mol. The quantitative estimate of drug-likeness (QED) is 0.508. The Hall–Kier alpha value is -3.62. The summed E-state index contributed by atoms with van der Waals surface area (Å²) in [6, 6.07) is 17.7. The maximum absolute atomic E-state index is 13.7. The van der Waals surface area contributed by atoms with Crippen LogP contribution in [0.2, 0.25) is 0 Å². The third-order valence-corrected chi connectivity index (χ3v) is 8.12. The number of para-hydroxylation sites is 1. The summed E-state index contributed by atoms with van der Waals surface area (Å²) in [4.78, 5) is 22.5. The summed E-state index contributed by atoms with van der Waals surface area (Å²) in [6.07, 6.45) is 4.66. The Bertz CT molecular complexity index is 1320. The zero-order chi connectivity index (χ0) is 26.3. The van der Waals surface area contributed by atoms with Gasteiger partial charge in [-0.15, -0.1) is 0 Å². The van der Waals surface area contributed by atoms with Crippen LogP contribution in [0.4, 0.5) is 5.82 Å². The number of aliphatic hydroxyl groups is 1. The summed E-state index contributed by atoms with van der Waals surface area (Å²) in [7, 11) is 3.48. The predicted octanol–water partition coefficient (Wildman–Crippen LogP) is 4.06. The first-order valence-corrected chi connectivity index (χ1v) is 13.2. The lowest BCUT2D eigenvalue weighted by atomic mass is 9.93. The highest BCUT2D eigenvalue weighted by Gasteiger charge is 2.53. The SMILES string of the molecule is COc1ccccc1C(c1ccc(N(C)C(=O)C2(c3ccc4c(c3)OCO4)CC2)nc1)N1CCC(O)CC1. The van der Waals surface area contributed by atoms with Gasteiger partial charge in [-0.1, -0.05) is 30.3 Å². The number of piperidine rings is 1. The summed E-state index contributed by atoms with van der Waals surface area (Å²) in [5.41, 5.74) is 2.49. The van der Waals surface area contributed by atoms with E-state index in [4.69, 9.17) is 19.2 Å². The first kappa shape index (κ1) is 24.7. The second kappa shape index (κ2) is 9.93. The standard InChI is InChI=1S/C30H33N3O5/c1-32(29(35)30(13-14-30)21-8-9-25-26(17-21)38-19-37-25)27-10-7-20(18-31-27)28(33-15-11-22(34)12-16-33)23-5-3-4-6-24(23)36-2/h3-10,17-18,22,28,34H,11-16,19H2,1-2H3. The Morgan fingerprint density at radius 3 is 2.58 bits per heavy atom. The van der Waals surface area contributed by atoms with E-state index in [1.165, 1.54) is 0 Å². The lowest BCUT2D eigenvalue weighted by Gasteiger charge is -2.37. The normalized spacial score (nSPS) is 19.1. The Balaban J connectivity index is 1.26. The summed E-state index contributed by atoms with van der Waals surface area (Å²) in [5.74, 6) is 2.87. The topological polar surface area (TPSA) is 84.4 Å². The van der Waals surface area contributed by atoms with E-state index < -0.39 is 5.41 Å². The van der Waals surface area contributed by atoms with E-state index in [-0.39, 0.29) is 24.8 Å². The lowest BCUT2D eigenvalue weighted by molar-refractivity contribution is -0.120. The molecule has 2 aromatic carbocycles. The first-order chi connectivity index (χ1) is 18.5. The van der Waals surface area contributed by atoms with Gasteiger partial charge < -0.3 is 19.3 Å². The number of pyridine rings is 1. The van der Waals surface area contributed by atoms with Gasteiger partial charge in [-0.25, -0.2) is 4.98 Å². The molecule has 3 aliphatic rings. The number of hydrogen-bond donors (Lipinski definition) is 1. The van der Waals surface area contributed by atoms with Gasteiger partial charge in [-0.3, -0.25) is 14.6 Å². The number of fused-ring (bicyclic) bond motifs is 1. The Labute approximate surface area is 222 Å². The van der Waals surface area contributed by atoms with Crippen molar-refractivity contribution >= 4 is 11.7 Å². The third kappa shape index (κ3) is 4.37. The van der Waals surface area contributed by atoms with Gasteiger partial charge in [-0.05, 0) is 61.1 Å². The molecule has 198 valence electrons. The van der Waals surface area contributed by atoms with Gasteiger partial charge >= 0.3 is 0 Å². The number of hydrogen-bond acceptors (Lipinski definition) is 7. The van der Waals surface area contributed by atoms with Crippen molar-refractivity contribution in [2.75, 3.05) is 38.9 Å². The van der Waals surface area contributed by atoms with E-state index in [0.29, 0.717) is 11.6 Å². The molecule has 1 aromatic heterocycles. The van der Waals surface area contributed by atoms with Crippen LogP contribution in [0.3, 0.4) is 0 Å². The molecule has 1 saturated carbocycles. The van der Waals surface area contributed by atoms with Crippen LogP contribution in [0.15, 0.2) is 60.8 Å². The van der Waals surface area contributed by atoms with Crippen molar-refractivity contribution < 1.29 is 24.1 Å². The molecule has 0 bridgehead atoms. The molecule has 8 nitrogen and oxygen atoms in total. The van der Waals surface area contributed by atoms with E-state index in [1.807, 2.05) is 48.7 Å². The van der Waals surface area contributed by atoms with E-state index >= 15 is 0 Å². The molecule has 2 fully saturated rings. The van der Waals surface area contributed by atoms with Gasteiger partial charge in [0, 0.05) is 31.9 Å². The number of carbonyl (C=O) groups excluding carboxylic acids is 1. The second-order valence-corrected chi connectivity index (χ2v) is 10.4. The molecule has 6 rings (SSSR count). The molecular formula is C30H33N3O5. The Morgan fingerprint density at radius 2 is 1.87 bits per heavy atom. The van der Waals surface area contributed by atoms with Crippen molar-refractivity contribution in [2.45, 2.75) is 43.2 Å². The smallest absolute Gasteiger partial charge is 0.238 e. The van der Waals surface area contributed by atoms with Crippen molar-refractivity contribution in [2.24, 2.45) is 0 Å². The summed E-state index contributed by atoms with van der Waals surface area (Å²) in [6.45, 7) is 1.77. The van der Waals surface area contributed by atoms with Gasteiger partial charge in [0.05, 0.1) is 24.7 Å². The van der Waals surface area contributed by atoms with Crippen LogP contribution in [-0.2, 0) is 10.2 Å². The van der Waals surface area contributed by atoms with Crippen molar-refractivity contribution in [3.05, 3.63) is 77.5 Å². The van der Waals surface area contributed by atoms with Crippen molar-refractivity contribution in [1.82, 2.24) is 9.88 Å². The van der Waals surface area contributed by atoms with Crippen LogP contribution in [0, 0.1) is 0 Å². The number of aromatic nitrogens is 1. The van der Waals surface area contributed by atoms with E-state index in [9.17, 15) is 9.90 Å². The van der Waals surface area contributed by atoms with Crippen LogP contribution in [-0.4, -0.2) is 61.0 Å². The van der Waals surface area contributed by atoms with Gasteiger partial charge in [0.15, 0.2) is 11.5 Å². The van der Waals surface area contributed by atoms with E-state index in [0.717, 1.165) is 67.0 Å². The highest BCUT2D eigenvalue weighted by Crippen LogP contribution is 2.52. The highest BCUT2D eigenvalue weighted by atomic mass is 16.7. The number of rotatable bonds is 7. The average molecular weight is 516 g/mol. The average Bonchev–Trinajstić information content (AvgIpc) is 3.64. The minimum atomic E-state index is -0.551. The highest BCUT2D eigenvalue weighted by molar-refractivity contribution is 6.02. The zero-order valence-corrected chi connectivity index (χ0v) is 21.8. The molecule has 2 aliphatic heterocycles. The van der Waals surface area contributed by atoms with Gasteiger partial charge in [0.2, 0.25) is 12.7 Å². The van der Waals surface area contributed by atoms with Gasteiger partial charge in [-0.2, -0.15) is 0 Å². The van der Waals surface area contributed by atoms with Gasteiger partial charge in [0.1, 0.15) is 11.6 Å². The Kier molecular flexibility index (Phi) is 6.45. The number of nitrogens with zero attached hydrogens (tertiary/aromatic N) is 3.